The summed E-state index contributed by atoms with van der Waals surface area (Å²) >= 11 is 3.47. The molecule has 15 heavy (non-hydrogen) atoms. The summed E-state index contributed by atoms with van der Waals surface area (Å²) in [7, 11) is 0. The van der Waals surface area contributed by atoms with E-state index in [1.165, 1.54) is 0 Å². The first-order chi connectivity index (χ1) is 7.18. The highest BCUT2D eigenvalue weighted by Crippen LogP contribution is 2.20. The maximum Gasteiger partial charge on any atom is 0.252 e. The third-order valence-corrected chi connectivity index (χ3v) is 2.24. The fourth-order valence-corrected chi connectivity index (χ4v) is 1.53. The average molecular weight is 268 g/mol. The molecule has 2 aromatic heterocycles. The molecule has 0 saturated carbocycles. The van der Waals surface area contributed by atoms with E-state index in [4.69, 9.17) is 0 Å². The summed E-state index contributed by atoms with van der Waals surface area (Å²) < 4.78 is 1.65. The molecule has 0 spiro atoms. The lowest BCUT2D eigenvalue weighted by Crippen LogP contribution is -2.07. The fourth-order valence-electron chi connectivity index (χ4n) is 1.24. The minimum absolute atomic E-state index is 0.113. The van der Waals surface area contributed by atoms with E-state index in [0.717, 1.165) is 5.82 Å². The van der Waals surface area contributed by atoms with Crippen molar-refractivity contribution >= 4 is 15.9 Å². The number of alkyl halides is 1. The predicted octanol–water partition coefficient (Wildman–Crippen LogP) is 1.82. The number of hydrogen-bond acceptors (Lipinski definition) is 4. The van der Waals surface area contributed by atoms with Crippen molar-refractivity contribution in [2.24, 2.45) is 0 Å². The Hall–Kier alpha value is -1.30. The van der Waals surface area contributed by atoms with Crippen LogP contribution < -0.4 is 0 Å². The molecule has 78 valence electrons. The van der Waals surface area contributed by atoms with Gasteiger partial charge in [-0.2, -0.15) is 4.68 Å². The Morgan fingerprint density at radius 3 is 2.60 bits per heavy atom. The van der Waals surface area contributed by atoms with Gasteiger partial charge in [0, 0.05) is 12.4 Å². The van der Waals surface area contributed by atoms with E-state index in [9.17, 15) is 0 Å². The van der Waals surface area contributed by atoms with Gasteiger partial charge in [-0.05, 0) is 19.9 Å². The monoisotopic (exact) mass is 267 g/mol. The molecule has 0 aliphatic carbocycles. The van der Waals surface area contributed by atoms with Crippen LogP contribution in [-0.4, -0.2) is 24.7 Å². The lowest BCUT2D eigenvalue weighted by Gasteiger charge is -2.04. The topological polar surface area (TPSA) is 56.5 Å². The van der Waals surface area contributed by atoms with Gasteiger partial charge < -0.3 is 0 Å². The molecule has 0 amide bonds. The first-order valence-electron chi connectivity index (χ1n) is 4.53. The Morgan fingerprint density at radius 2 is 2.00 bits per heavy atom. The van der Waals surface area contributed by atoms with E-state index in [1.807, 2.05) is 13.8 Å². The third kappa shape index (κ3) is 2.04. The zero-order chi connectivity index (χ0) is 10.8. The van der Waals surface area contributed by atoms with Crippen LogP contribution in [0.5, 0.6) is 0 Å². The summed E-state index contributed by atoms with van der Waals surface area (Å²) in [4.78, 5) is 12.7. The summed E-state index contributed by atoms with van der Waals surface area (Å²) in [5, 5.41) is 4.25. The summed E-state index contributed by atoms with van der Waals surface area (Å²) in [6.45, 7) is 3.83. The molecule has 2 rings (SSSR count). The molecular formula is C9H10BrN5. The molecule has 0 radical (unpaired) electrons. The molecule has 0 bridgehead atoms. The van der Waals surface area contributed by atoms with Gasteiger partial charge in [-0.3, -0.25) is 0 Å². The molecule has 1 unspecified atom stereocenters. The molecule has 2 heterocycles. The SMILES string of the molecule is Cc1nc(C(C)Br)n(-c2ncccn2)n1. The Labute approximate surface area is 95.7 Å². The summed E-state index contributed by atoms with van der Waals surface area (Å²) in [5.74, 6) is 2.06. The van der Waals surface area contributed by atoms with Crippen LogP contribution in [0.3, 0.4) is 0 Å². The number of aryl methyl sites for hydroxylation is 1. The van der Waals surface area contributed by atoms with Crippen LogP contribution in [0.2, 0.25) is 0 Å². The zero-order valence-corrected chi connectivity index (χ0v) is 10.0. The van der Waals surface area contributed by atoms with Crippen molar-refractivity contribution in [3.63, 3.8) is 0 Å². The second-order valence-electron chi connectivity index (χ2n) is 3.09. The van der Waals surface area contributed by atoms with E-state index < -0.39 is 0 Å². The van der Waals surface area contributed by atoms with Crippen LogP contribution in [0.4, 0.5) is 0 Å². The van der Waals surface area contributed by atoms with Gasteiger partial charge >= 0.3 is 0 Å². The van der Waals surface area contributed by atoms with Crippen molar-refractivity contribution in [3.8, 4) is 5.95 Å². The molecule has 0 N–H and O–H groups in total. The van der Waals surface area contributed by atoms with Crippen molar-refractivity contribution in [3.05, 3.63) is 30.1 Å². The average Bonchev–Trinajstić information content (AvgIpc) is 2.62. The largest absolute Gasteiger partial charge is 0.252 e. The van der Waals surface area contributed by atoms with E-state index in [1.54, 1.807) is 23.1 Å². The summed E-state index contributed by atoms with van der Waals surface area (Å²) in [5.41, 5.74) is 0. The minimum atomic E-state index is 0.113. The zero-order valence-electron chi connectivity index (χ0n) is 8.42. The molecular weight excluding hydrogens is 258 g/mol. The van der Waals surface area contributed by atoms with Gasteiger partial charge in [-0.1, -0.05) is 15.9 Å². The second kappa shape index (κ2) is 4.06. The van der Waals surface area contributed by atoms with Crippen LogP contribution in [0.15, 0.2) is 18.5 Å². The molecule has 1 atom stereocenters. The van der Waals surface area contributed by atoms with E-state index in [-0.39, 0.29) is 4.83 Å². The van der Waals surface area contributed by atoms with Crippen molar-refractivity contribution in [2.75, 3.05) is 0 Å². The van der Waals surface area contributed by atoms with Gasteiger partial charge in [-0.25, -0.2) is 15.0 Å². The maximum atomic E-state index is 4.31. The number of rotatable bonds is 2. The standard InChI is InChI=1S/C9H10BrN5/c1-6(10)8-13-7(2)14-15(8)9-11-4-3-5-12-9/h3-6H,1-2H3. The first kappa shape index (κ1) is 10.2. The maximum absolute atomic E-state index is 4.31. The van der Waals surface area contributed by atoms with Crippen LogP contribution in [-0.2, 0) is 0 Å². The van der Waals surface area contributed by atoms with E-state index in [2.05, 4.69) is 36.0 Å². The third-order valence-electron chi connectivity index (χ3n) is 1.84. The van der Waals surface area contributed by atoms with Crippen LogP contribution in [0.25, 0.3) is 5.95 Å². The van der Waals surface area contributed by atoms with E-state index in [0.29, 0.717) is 11.8 Å². The van der Waals surface area contributed by atoms with Gasteiger partial charge in [0.2, 0.25) is 0 Å². The lowest BCUT2D eigenvalue weighted by molar-refractivity contribution is 0.745. The predicted molar refractivity (Wildman–Crippen MR) is 59.0 cm³/mol. The number of hydrogen-bond donors (Lipinski definition) is 0. The number of halogens is 1. The van der Waals surface area contributed by atoms with Crippen molar-refractivity contribution in [1.82, 2.24) is 24.7 Å². The van der Waals surface area contributed by atoms with Crippen LogP contribution in [0, 0.1) is 6.92 Å². The summed E-state index contributed by atoms with van der Waals surface area (Å²) in [6, 6.07) is 1.77. The normalized spacial score (nSPS) is 12.7. The van der Waals surface area contributed by atoms with Gasteiger partial charge in [-0.15, -0.1) is 5.10 Å². The highest BCUT2D eigenvalue weighted by Gasteiger charge is 2.14. The van der Waals surface area contributed by atoms with Crippen LogP contribution in [0.1, 0.15) is 23.4 Å². The molecule has 6 heteroatoms. The van der Waals surface area contributed by atoms with Crippen LogP contribution >= 0.6 is 15.9 Å². The summed E-state index contributed by atoms with van der Waals surface area (Å²) in [6.07, 6.45) is 3.37. The smallest absolute Gasteiger partial charge is 0.220 e. The van der Waals surface area contributed by atoms with Gasteiger partial charge in [0.1, 0.15) is 11.6 Å². The molecule has 2 aromatic rings. The highest BCUT2D eigenvalue weighted by atomic mass is 79.9. The minimum Gasteiger partial charge on any atom is -0.220 e. The fraction of sp³-hybridized carbons (Fsp3) is 0.333. The Morgan fingerprint density at radius 1 is 1.33 bits per heavy atom. The molecule has 0 aliphatic heterocycles. The first-order valence-corrected chi connectivity index (χ1v) is 5.45. The number of aromatic nitrogens is 5. The van der Waals surface area contributed by atoms with Gasteiger partial charge in [0.05, 0.1) is 4.83 Å². The molecule has 0 saturated heterocycles. The number of nitrogens with zero attached hydrogens (tertiary/aromatic N) is 5. The van der Waals surface area contributed by atoms with Crippen molar-refractivity contribution in [1.29, 1.82) is 0 Å². The highest BCUT2D eigenvalue weighted by molar-refractivity contribution is 9.09. The van der Waals surface area contributed by atoms with Gasteiger partial charge in [0.25, 0.3) is 5.95 Å². The Kier molecular flexibility index (Phi) is 2.77. The van der Waals surface area contributed by atoms with E-state index >= 15 is 0 Å². The quantitative estimate of drug-likeness (QED) is 0.779. The molecule has 0 fully saturated rings. The molecule has 5 nitrogen and oxygen atoms in total. The second-order valence-corrected chi connectivity index (χ2v) is 4.47. The Balaban J connectivity index is 2.53. The van der Waals surface area contributed by atoms with Gasteiger partial charge in [0.15, 0.2) is 0 Å². The lowest BCUT2D eigenvalue weighted by atomic mass is 10.4. The molecule has 0 aromatic carbocycles. The molecule has 0 aliphatic rings. The van der Waals surface area contributed by atoms with Crippen molar-refractivity contribution in [2.45, 2.75) is 18.7 Å². The van der Waals surface area contributed by atoms with Crippen molar-refractivity contribution < 1.29 is 0 Å². The Bertz CT molecular complexity index is 451.